The Morgan fingerprint density at radius 3 is 2.38 bits per heavy atom. The van der Waals surface area contributed by atoms with Crippen LogP contribution < -0.4 is 4.74 Å². The number of nitro groups is 2. The summed E-state index contributed by atoms with van der Waals surface area (Å²) in [5.41, 5.74) is 0. The molecule has 0 spiro atoms. The van der Waals surface area contributed by atoms with Gasteiger partial charge < -0.3 is 25.0 Å². The Morgan fingerprint density at radius 1 is 1.38 bits per heavy atom. The molecule has 0 unspecified atom stereocenters. The number of hydrogen-bond donors (Lipinski definition) is 0. The van der Waals surface area contributed by atoms with Crippen LogP contribution in [0.4, 0.5) is 16.0 Å². The largest absolute Gasteiger partial charge is 0.486 e. The highest BCUT2D eigenvalue weighted by molar-refractivity contribution is 5.44. The average molecular weight is 231 g/mol. The third-order valence-corrected chi connectivity index (χ3v) is 1.55. The topological polar surface area (TPSA) is 108 Å². The second kappa shape index (κ2) is 4.47. The summed E-state index contributed by atoms with van der Waals surface area (Å²) >= 11 is 0. The van der Waals surface area contributed by atoms with E-state index in [0.717, 1.165) is 0 Å². The Hall–Kier alpha value is -2.32. The molecule has 0 aromatic carbocycles. The van der Waals surface area contributed by atoms with E-state index in [4.69, 9.17) is 4.74 Å². The molecule has 0 N–H and O–H groups in total. The maximum absolute atomic E-state index is 13.1. The lowest BCUT2D eigenvalue weighted by atomic mass is 10.4. The highest BCUT2D eigenvalue weighted by atomic mass is 19.1. The van der Waals surface area contributed by atoms with Crippen LogP contribution >= 0.6 is 0 Å². The van der Waals surface area contributed by atoms with Gasteiger partial charge in [-0.05, 0) is 16.8 Å². The van der Waals surface area contributed by atoms with Gasteiger partial charge in [0.05, 0.1) is 6.61 Å². The molecule has 1 aromatic heterocycles. The van der Waals surface area contributed by atoms with Crippen LogP contribution in [0.2, 0.25) is 0 Å². The van der Waals surface area contributed by atoms with Gasteiger partial charge in [0, 0.05) is 11.1 Å². The predicted molar refractivity (Wildman–Crippen MR) is 48.7 cm³/mol. The summed E-state index contributed by atoms with van der Waals surface area (Å²) in [6.45, 7) is 1.59. The van der Waals surface area contributed by atoms with E-state index in [1.807, 2.05) is 0 Å². The van der Waals surface area contributed by atoms with Crippen molar-refractivity contribution in [3.05, 3.63) is 32.1 Å². The average Bonchev–Trinajstić information content (AvgIpc) is 2.17. The number of pyridine rings is 1. The molecule has 0 aliphatic carbocycles. The molecule has 0 saturated heterocycles. The maximum Gasteiger partial charge on any atom is 0.410 e. The molecule has 0 saturated carbocycles. The van der Waals surface area contributed by atoms with Crippen LogP contribution in [0.5, 0.6) is 5.75 Å². The van der Waals surface area contributed by atoms with E-state index >= 15 is 0 Å². The first-order valence-corrected chi connectivity index (χ1v) is 4.09. The van der Waals surface area contributed by atoms with Crippen LogP contribution in [0.15, 0.2) is 6.07 Å². The molecular weight excluding hydrogens is 225 g/mol. The number of rotatable bonds is 4. The van der Waals surface area contributed by atoms with Crippen LogP contribution in [0.1, 0.15) is 6.92 Å². The Balaban J connectivity index is 3.36. The summed E-state index contributed by atoms with van der Waals surface area (Å²) < 4.78 is 17.8. The second-order valence-corrected chi connectivity index (χ2v) is 2.56. The molecule has 0 amide bonds. The third-order valence-electron chi connectivity index (χ3n) is 1.55. The van der Waals surface area contributed by atoms with E-state index in [1.165, 1.54) is 6.92 Å². The van der Waals surface area contributed by atoms with Crippen LogP contribution in [0.3, 0.4) is 0 Å². The van der Waals surface area contributed by atoms with Crippen molar-refractivity contribution >= 4 is 11.6 Å². The molecule has 16 heavy (non-hydrogen) atoms. The highest BCUT2D eigenvalue weighted by Gasteiger charge is 2.27. The van der Waals surface area contributed by atoms with E-state index in [9.17, 15) is 24.6 Å². The summed E-state index contributed by atoms with van der Waals surface area (Å²) in [5, 5.41) is 20.8. The standard InChI is InChI=1S/C7H6FN3O5/c1-2-16-5-3-4(8)6(10(12)13)9-7(5)11(14)15/h3H,2H2,1H3. The van der Waals surface area contributed by atoms with Crippen molar-refractivity contribution in [1.82, 2.24) is 4.98 Å². The van der Waals surface area contributed by atoms with E-state index in [0.29, 0.717) is 6.07 Å². The molecule has 1 rings (SSSR count). The quantitative estimate of drug-likeness (QED) is 0.572. The zero-order chi connectivity index (χ0) is 12.3. The third kappa shape index (κ3) is 2.19. The molecule has 8 nitrogen and oxygen atoms in total. The first kappa shape index (κ1) is 11.8. The summed E-state index contributed by atoms with van der Waals surface area (Å²) in [6, 6.07) is 0.576. The van der Waals surface area contributed by atoms with Gasteiger partial charge in [0.2, 0.25) is 11.6 Å². The minimum absolute atomic E-state index is 0.0553. The SMILES string of the molecule is CCOc1cc(F)c([N+](=O)[O-])nc1[N+](=O)[O-]. The maximum atomic E-state index is 13.1. The van der Waals surface area contributed by atoms with Gasteiger partial charge in [-0.25, -0.2) is 0 Å². The van der Waals surface area contributed by atoms with Crippen molar-refractivity contribution in [3.63, 3.8) is 0 Å². The lowest BCUT2D eigenvalue weighted by molar-refractivity contribution is -0.405. The summed E-state index contributed by atoms with van der Waals surface area (Å²) in [5.74, 6) is -3.79. The minimum atomic E-state index is -1.28. The van der Waals surface area contributed by atoms with Gasteiger partial charge in [-0.15, -0.1) is 0 Å². The van der Waals surface area contributed by atoms with Gasteiger partial charge in [-0.1, -0.05) is 0 Å². The van der Waals surface area contributed by atoms with Gasteiger partial charge in [-0.2, -0.15) is 4.39 Å². The zero-order valence-corrected chi connectivity index (χ0v) is 8.05. The number of hydrogen-bond acceptors (Lipinski definition) is 6. The molecule has 9 heteroatoms. The van der Waals surface area contributed by atoms with E-state index in [2.05, 4.69) is 4.98 Å². The molecule has 0 aliphatic rings. The second-order valence-electron chi connectivity index (χ2n) is 2.56. The Morgan fingerprint density at radius 2 is 1.94 bits per heavy atom. The molecule has 0 bridgehead atoms. The summed E-state index contributed by atoms with van der Waals surface area (Å²) in [7, 11) is 0. The fourth-order valence-corrected chi connectivity index (χ4v) is 0.974. The van der Waals surface area contributed by atoms with Crippen LogP contribution in [0.25, 0.3) is 0 Å². The molecule has 0 atom stereocenters. The first-order valence-electron chi connectivity index (χ1n) is 4.09. The van der Waals surface area contributed by atoms with Crippen molar-refractivity contribution in [2.75, 3.05) is 6.61 Å². The smallest absolute Gasteiger partial charge is 0.410 e. The number of halogens is 1. The van der Waals surface area contributed by atoms with Crippen LogP contribution in [-0.2, 0) is 0 Å². The lowest BCUT2D eigenvalue weighted by Crippen LogP contribution is -2.04. The summed E-state index contributed by atoms with van der Waals surface area (Å²) in [6.07, 6.45) is 0. The van der Waals surface area contributed by atoms with Crippen molar-refractivity contribution < 1.29 is 19.0 Å². The van der Waals surface area contributed by atoms with Crippen molar-refractivity contribution in [2.45, 2.75) is 6.92 Å². The number of aromatic nitrogens is 1. The highest BCUT2D eigenvalue weighted by Crippen LogP contribution is 2.29. The molecule has 0 fully saturated rings. The van der Waals surface area contributed by atoms with Crippen molar-refractivity contribution in [3.8, 4) is 5.75 Å². The van der Waals surface area contributed by atoms with Crippen LogP contribution in [0, 0.1) is 26.0 Å². The lowest BCUT2D eigenvalue weighted by Gasteiger charge is -2.03. The zero-order valence-electron chi connectivity index (χ0n) is 8.05. The molecule has 1 aromatic rings. The summed E-state index contributed by atoms with van der Waals surface area (Å²) in [4.78, 5) is 21.7. The van der Waals surface area contributed by atoms with Crippen molar-refractivity contribution in [1.29, 1.82) is 0 Å². The molecule has 0 radical (unpaired) electrons. The monoisotopic (exact) mass is 231 g/mol. The Bertz CT molecular complexity index is 450. The molecular formula is C7H6FN3O5. The van der Waals surface area contributed by atoms with Gasteiger partial charge >= 0.3 is 11.6 Å². The van der Waals surface area contributed by atoms with Gasteiger partial charge in [0.15, 0.2) is 0 Å². The number of ether oxygens (including phenoxy) is 1. The Kier molecular flexibility index (Phi) is 3.28. The molecule has 1 heterocycles. The minimum Gasteiger partial charge on any atom is -0.486 e. The Labute approximate surface area is 88.0 Å². The van der Waals surface area contributed by atoms with E-state index in [1.54, 1.807) is 0 Å². The fraction of sp³-hybridized carbons (Fsp3) is 0.286. The van der Waals surface area contributed by atoms with E-state index in [-0.39, 0.29) is 6.61 Å². The molecule has 0 aliphatic heterocycles. The van der Waals surface area contributed by atoms with Crippen molar-refractivity contribution in [2.24, 2.45) is 0 Å². The van der Waals surface area contributed by atoms with Crippen LogP contribution in [-0.4, -0.2) is 21.4 Å². The van der Waals surface area contributed by atoms with E-state index < -0.39 is 33.0 Å². The first-order chi connectivity index (χ1) is 7.47. The van der Waals surface area contributed by atoms with Gasteiger partial charge in [0.1, 0.15) is 0 Å². The fourth-order valence-electron chi connectivity index (χ4n) is 0.974. The predicted octanol–water partition coefficient (Wildman–Crippen LogP) is 1.44. The normalized spacial score (nSPS) is 9.88. The molecule has 86 valence electrons. The number of nitrogens with zero attached hydrogens (tertiary/aromatic N) is 3. The van der Waals surface area contributed by atoms with Gasteiger partial charge in [-0.3, -0.25) is 0 Å². The van der Waals surface area contributed by atoms with Gasteiger partial charge in [0.25, 0.3) is 0 Å².